The average Bonchev–Trinajstić information content (AvgIpc) is 2.71. The van der Waals surface area contributed by atoms with Gasteiger partial charge in [0.1, 0.15) is 5.75 Å². The molecule has 2 aromatic rings. The van der Waals surface area contributed by atoms with Gasteiger partial charge in [0.15, 0.2) is 23.2 Å². The van der Waals surface area contributed by atoms with Gasteiger partial charge in [-0.05, 0) is 72.4 Å². The Hall–Kier alpha value is -2.80. The number of amides is 1. The van der Waals surface area contributed by atoms with Crippen LogP contribution in [0.2, 0.25) is 0 Å². The van der Waals surface area contributed by atoms with Gasteiger partial charge in [-0.3, -0.25) is 4.79 Å². The molecule has 0 saturated heterocycles. The summed E-state index contributed by atoms with van der Waals surface area (Å²) in [4.78, 5) is 12.1. The Morgan fingerprint density at radius 3 is 2.43 bits per heavy atom. The quantitative estimate of drug-likeness (QED) is 0.591. The van der Waals surface area contributed by atoms with Gasteiger partial charge in [-0.1, -0.05) is 26.0 Å². The number of hydrogen-bond donors (Lipinski definition) is 2. The lowest BCUT2D eigenvalue weighted by Gasteiger charge is -2.13. The lowest BCUT2D eigenvalue weighted by Crippen LogP contribution is -2.42. The van der Waals surface area contributed by atoms with E-state index in [0.29, 0.717) is 36.1 Å². The van der Waals surface area contributed by atoms with E-state index in [-0.39, 0.29) is 17.6 Å². The summed E-state index contributed by atoms with van der Waals surface area (Å²) < 4.78 is 16.1. The largest absolute Gasteiger partial charge is 0.493 e. The molecule has 0 radical (unpaired) electrons. The van der Waals surface area contributed by atoms with Gasteiger partial charge < -0.3 is 24.8 Å². The van der Waals surface area contributed by atoms with Crippen molar-refractivity contribution in [2.24, 2.45) is 0 Å². The van der Waals surface area contributed by atoms with Gasteiger partial charge in [-0.2, -0.15) is 0 Å². The van der Waals surface area contributed by atoms with E-state index in [4.69, 9.17) is 26.4 Å². The SMILES string of the molecule is COc1ccc(CCNC(=S)NC(=O)COc2ccc(C(C)C)c(C)c2)cc1OC. The van der Waals surface area contributed by atoms with Crippen LogP contribution in [0.25, 0.3) is 0 Å². The van der Waals surface area contributed by atoms with Crippen molar-refractivity contribution >= 4 is 23.2 Å². The molecule has 2 aromatic carbocycles. The second-order valence-electron chi connectivity index (χ2n) is 7.21. The Morgan fingerprint density at radius 2 is 1.80 bits per heavy atom. The molecule has 0 heterocycles. The highest BCUT2D eigenvalue weighted by Crippen LogP contribution is 2.27. The molecule has 7 heteroatoms. The average molecular weight is 431 g/mol. The van der Waals surface area contributed by atoms with Crippen molar-refractivity contribution in [3.8, 4) is 17.2 Å². The zero-order valence-electron chi connectivity index (χ0n) is 18.2. The predicted octanol–water partition coefficient (Wildman–Crippen LogP) is 3.75. The lowest BCUT2D eigenvalue weighted by molar-refractivity contribution is -0.121. The molecule has 0 saturated carbocycles. The Labute approximate surface area is 183 Å². The molecule has 162 valence electrons. The van der Waals surface area contributed by atoms with Crippen molar-refractivity contribution in [2.75, 3.05) is 27.4 Å². The van der Waals surface area contributed by atoms with Crippen molar-refractivity contribution < 1.29 is 19.0 Å². The zero-order chi connectivity index (χ0) is 22.1. The first kappa shape index (κ1) is 23.5. The molecule has 6 nitrogen and oxygen atoms in total. The second-order valence-corrected chi connectivity index (χ2v) is 7.61. The summed E-state index contributed by atoms with van der Waals surface area (Å²) >= 11 is 5.19. The minimum Gasteiger partial charge on any atom is -0.493 e. The normalized spacial score (nSPS) is 10.5. The molecule has 30 heavy (non-hydrogen) atoms. The summed E-state index contributed by atoms with van der Waals surface area (Å²) in [5.74, 6) is 2.18. The maximum absolute atomic E-state index is 12.1. The molecular formula is C23H30N2O4S. The maximum atomic E-state index is 12.1. The highest BCUT2D eigenvalue weighted by Gasteiger charge is 2.09. The van der Waals surface area contributed by atoms with Crippen LogP contribution in [0, 0.1) is 6.92 Å². The predicted molar refractivity (Wildman–Crippen MR) is 123 cm³/mol. The third kappa shape index (κ3) is 6.91. The highest BCUT2D eigenvalue weighted by molar-refractivity contribution is 7.80. The molecule has 0 atom stereocenters. The van der Waals surface area contributed by atoms with E-state index in [0.717, 1.165) is 11.1 Å². The molecule has 0 aliphatic rings. The van der Waals surface area contributed by atoms with Crippen molar-refractivity contribution in [2.45, 2.75) is 33.1 Å². The van der Waals surface area contributed by atoms with Crippen LogP contribution >= 0.6 is 12.2 Å². The number of methoxy groups -OCH3 is 2. The van der Waals surface area contributed by atoms with Gasteiger partial charge in [0, 0.05) is 6.54 Å². The van der Waals surface area contributed by atoms with Crippen LogP contribution in [-0.2, 0) is 11.2 Å². The van der Waals surface area contributed by atoms with Crippen molar-refractivity contribution in [1.82, 2.24) is 10.6 Å². The number of carbonyl (C=O) groups is 1. The van der Waals surface area contributed by atoms with E-state index in [2.05, 4.69) is 24.5 Å². The van der Waals surface area contributed by atoms with Crippen molar-refractivity contribution in [3.63, 3.8) is 0 Å². The summed E-state index contributed by atoms with van der Waals surface area (Å²) in [5.41, 5.74) is 3.49. The number of hydrogen-bond acceptors (Lipinski definition) is 5. The van der Waals surface area contributed by atoms with Gasteiger partial charge in [-0.15, -0.1) is 0 Å². The van der Waals surface area contributed by atoms with Gasteiger partial charge in [0.05, 0.1) is 14.2 Å². The monoisotopic (exact) mass is 430 g/mol. The molecule has 2 N–H and O–H groups in total. The summed E-state index contributed by atoms with van der Waals surface area (Å²) in [6.07, 6.45) is 0.717. The van der Waals surface area contributed by atoms with E-state index in [1.807, 2.05) is 43.3 Å². The van der Waals surface area contributed by atoms with Gasteiger partial charge in [0.2, 0.25) is 0 Å². The standard InChI is InChI=1S/C23H30N2O4S/c1-15(2)19-8-7-18(12-16(19)3)29-14-22(26)25-23(30)24-11-10-17-6-9-20(27-4)21(13-17)28-5/h6-9,12-13,15H,10-11,14H2,1-5H3,(H2,24,25,26,30). The Kier molecular flexibility index (Phi) is 8.92. The highest BCUT2D eigenvalue weighted by atomic mass is 32.1. The van der Waals surface area contributed by atoms with Crippen molar-refractivity contribution in [3.05, 3.63) is 53.1 Å². The lowest BCUT2D eigenvalue weighted by atomic mass is 9.98. The molecule has 1 amide bonds. The fourth-order valence-corrected chi connectivity index (χ4v) is 3.31. The molecular weight excluding hydrogens is 400 g/mol. The molecule has 0 aliphatic heterocycles. The molecule has 2 rings (SSSR count). The topological polar surface area (TPSA) is 68.8 Å². The van der Waals surface area contributed by atoms with Gasteiger partial charge in [-0.25, -0.2) is 0 Å². The summed E-state index contributed by atoms with van der Waals surface area (Å²) in [5, 5.41) is 5.93. The third-order valence-corrected chi connectivity index (χ3v) is 4.88. The van der Waals surface area contributed by atoms with Crippen molar-refractivity contribution in [1.29, 1.82) is 0 Å². The fraction of sp³-hybridized carbons (Fsp3) is 0.391. The number of benzene rings is 2. The van der Waals surface area contributed by atoms with Gasteiger partial charge >= 0.3 is 0 Å². The van der Waals surface area contributed by atoms with Crippen LogP contribution in [0.4, 0.5) is 0 Å². The Morgan fingerprint density at radius 1 is 1.07 bits per heavy atom. The first-order valence-electron chi connectivity index (χ1n) is 9.86. The minimum atomic E-state index is -0.302. The smallest absolute Gasteiger partial charge is 0.264 e. The van der Waals surface area contributed by atoms with Gasteiger partial charge in [0.25, 0.3) is 5.91 Å². The second kappa shape index (κ2) is 11.4. The molecule has 0 fully saturated rings. The van der Waals surface area contributed by atoms with E-state index < -0.39 is 0 Å². The van der Waals surface area contributed by atoms with Crippen LogP contribution in [0.3, 0.4) is 0 Å². The molecule has 0 unspecified atom stereocenters. The summed E-state index contributed by atoms with van der Waals surface area (Å²) in [7, 11) is 3.21. The fourth-order valence-electron chi connectivity index (χ4n) is 3.10. The summed E-state index contributed by atoms with van der Waals surface area (Å²) in [6, 6.07) is 11.6. The third-order valence-electron chi connectivity index (χ3n) is 4.63. The van der Waals surface area contributed by atoms with Crippen LogP contribution in [0.5, 0.6) is 17.2 Å². The number of rotatable bonds is 9. The number of aryl methyl sites for hydroxylation is 1. The number of thiocarbonyl (C=S) groups is 1. The number of nitrogens with one attached hydrogen (secondary N) is 2. The first-order chi connectivity index (χ1) is 14.3. The van der Waals surface area contributed by atoms with Crippen LogP contribution < -0.4 is 24.8 Å². The Balaban J connectivity index is 1.74. The minimum absolute atomic E-state index is 0.0992. The molecule has 0 aliphatic carbocycles. The van der Waals surface area contributed by atoms with Crippen LogP contribution in [0.15, 0.2) is 36.4 Å². The van der Waals surface area contributed by atoms with E-state index in [9.17, 15) is 4.79 Å². The zero-order valence-corrected chi connectivity index (χ0v) is 19.0. The summed E-state index contributed by atoms with van der Waals surface area (Å²) in [6.45, 7) is 6.81. The van der Waals surface area contributed by atoms with E-state index in [1.165, 1.54) is 5.56 Å². The molecule has 0 bridgehead atoms. The van der Waals surface area contributed by atoms with E-state index in [1.54, 1.807) is 14.2 Å². The number of ether oxygens (including phenoxy) is 3. The molecule has 0 spiro atoms. The molecule has 0 aromatic heterocycles. The first-order valence-corrected chi connectivity index (χ1v) is 10.3. The number of carbonyl (C=O) groups excluding carboxylic acids is 1. The Bertz CT molecular complexity index is 884. The van der Waals surface area contributed by atoms with E-state index >= 15 is 0 Å². The van der Waals surface area contributed by atoms with Crippen LogP contribution in [-0.4, -0.2) is 38.4 Å². The maximum Gasteiger partial charge on any atom is 0.264 e. The van der Waals surface area contributed by atoms with Crippen LogP contribution in [0.1, 0.15) is 36.5 Å².